The van der Waals surface area contributed by atoms with E-state index in [0.29, 0.717) is 39.3 Å². The Bertz CT molecular complexity index is 665. The molecule has 1 N–H and O–H groups in total. The zero-order valence-electron chi connectivity index (χ0n) is 13.6. The molecular weight excluding hydrogens is 346 g/mol. The van der Waals surface area contributed by atoms with E-state index in [9.17, 15) is 4.79 Å². The van der Waals surface area contributed by atoms with Crippen molar-refractivity contribution in [3.63, 3.8) is 0 Å². The quantitative estimate of drug-likeness (QED) is 0.761. The number of thiazole rings is 1. The molecule has 0 saturated carbocycles. The Hall–Kier alpha value is -1.48. The Kier molecular flexibility index (Phi) is 6.19. The van der Waals surface area contributed by atoms with Gasteiger partial charge < -0.3 is 19.7 Å². The number of anilines is 1. The summed E-state index contributed by atoms with van der Waals surface area (Å²) in [6.07, 6.45) is 0.452. The number of amides is 1. The summed E-state index contributed by atoms with van der Waals surface area (Å²) < 4.78 is 10.3. The van der Waals surface area contributed by atoms with Crippen molar-refractivity contribution in [3.8, 4) is 10.6 Å². The van der Waals surface area contributed by atoms with Gasteiger partial charge in [0, 0.05) is 37.0 Å². The third-order valence-electron chi connectivity index (χ3n) is 3.69. The van der Waals surface area contributed by atoms with E-state index in [1.165, 1.54) is 0 Å². The largest absolute Gasteiger partial charge is 0.383 e. The second-order valence-corrected chi connectivity index (χ2v) is 7.42. The number of methoxy groups -OCH3 is 1. The number of aromatic nitrogens is 1. The Morgan fingerprint density at radius 2 is 2.25 bits per heavy atom. The molecule has 0 aliphatic carbocycles. The number of nitrogens with zero attached hydrogens (tertiary/aromatic N) is 2. The predicted molar refractivity (Wildman–Crippen MR) is 96.9 cm³/mol. The van der Waals surface area contributed by atoms with Crippen LogP contribution in [0, 0.1) is 0 Å². The highest BCUT2D eigenvalue weighted by Gasteiger charge is 2.18. The molecule has 0 bridgehead atoms. The molecule has 6 nitrogen and oxygen atoms in total. The molecule has 0 unspecified atom stereocenters. The van der Waals surface area contributed by atoms with Crippen LogP contribution in [0.4, 0.5) is 5.13 Å². The zero-order chi connectivity index (χ0) is 16.8. The lowest BCUT2D eigenvalue weighted by Gasteiger charge is -2.26. The van der Waals surface area contributed by atoms with Gasteiger partial charge >= 0.3 is 0 Å². The smallest absolute Gasteiger partial charge is 0.227 e. The van der Waals surface area contributed by atoms with Gasteiger partial charge in [0.2, 0.25) is 5.91 Å². The number of ether oxygens (including phenoxy) is 2. The molecule has 0 atom stereocenters. The van der Waals surface area contributed by atoms with E-state index < -0.39 is 0 Å². The SMILES string of the molecule is COCCNc1nc(-c2ccc(CC(=O)N3CCOCC3)s2)cs1. The van der Waals surface area contributed by atoms with Crippen LogP contribution in [0.1, 0.15) is 4.88 Å². The van der Waals surface area contributed by atoms with Gasteiger partial charge in [-0.25, -0.2) is 4.98 Å². The van der Waals surface area contributed by atoms with Crippen molar-refractivity contribution in [2.75, 3.05) is 51.9 Å². The van der Waals surface area contributed by atoms with Gasteiger partial charge in [0.05, 0.1) is 36.8 Å². The molecule has 1 aliphatic rings. The summed E-state index contributed by atoms with van der Waals surface area (Å²) in [5.74, 6) is 0.173. The first kappa shape index (κ1) is 17.3. The molecule has 1 saturated heterocycles. The van der Waals surface area contributed by atoms with E-state index in [1.807, 2.05) is 22.4 Å². The maximum absolute atomic E-state index is 12.3. The summed E-state index contributed by atoms with van der Waals surface area (Å²) in [7, 11) is 1.68. The first-order valence-corrected chi connectivity index (χ1v) is 9.59. The van der Waals surface area contributed by atoms with Gasteiger partial charge in [0.1, 0.15) is 0 Å². The van der Waals surface area contributed by atoms with Crippen molar-refractivity contribution in [1.29, 1.82) is 0 Å². The van der Waals surface area contributed by atoms with Gasteiger partial charge in [-0.3, -0.25) is 4.79 Å². The monoisotopic (exact) mass is 367 g/mol. The Morgan fingerprint density at radius 1 is 1.42 bits per heavy atom. The minimum absolute atomic E-state index is 0.173. The van der Waals surface area contributed by atoms with Crippen LogP contribution in [0.3, 0.4) is 0 Å². The number of nitrogens with one attached hydrogen (secondary N) is 1. The molecular formula is C16H21N3O3S2. The number of rotatable bonds is 7. The minimum atomic E-state index is 0.173. The Balaban J connectivity index is 1.57. The van der Waals surface area contributed by atoms with Gasteiger partial charge in [-0.15, -0.1) is 22.7 Å². The van der Waals surface area contributed by atoms with Gasteiger partial charge in [0.25, 0.3) is 0 Å². The number of hydrogen-bond acceptors (Lipinski definition) is 7. The molecule has 1 fully saturated rings. The van der Waals surface area contributed by atoms with Gasteiger partial charge in [-0.2, -0.15) is 0 Å². The molecule has 0 spiro atoms. The van der Waals surface area contributed by atoms with Gasteiger partial charge in [-0.1, -0.05) is 0 Å². The first-order valence-electron chi connectivity index (χ1n) is 7.89. The number of carbonyl (C=O) groups is 1. The summed E-state index contributed by atoms with van der Waals surface area (Å²) in [5, 5.41) is 6.16. The number of morpholine rings is 1. The van der Waals surface area contributed by atoms with Crippen molar-refractivity contribution >= 4 is 33.7 Å². The molecule has 1 aliphatic heterocycles. The molecule has 3 heterocycles. The van der Waals surface area contributed by atoms with Crippen molar-refractivity contribution in [2.45, 2.75) is 6.42 Å². The summed E-state index contributed by atoms with van der Waals surface area (Å²) >= 11 is 3.21. The van der Waals surface area contributed by atoms with E-state index in [4.69, 9.17) is 9.47 Å². The highest BCUT2D eigenvalue weighted by Crippen LogP contribution is 2.31. The van der Waals surface area contributed by atoms with Crippen molar-refractivity contribution in [1.82, 2.24) is 9.88 Å². The maximum atomic E-state index is 12.3. The second-order valence-electron chi connectivity index (χ2n) is 5.39. The Labute approximate surface area is 149 Å². The van der Waals surface area contributed by atoms with Crippen molar-refractivity contribution < 1.29 is 14.3 Å². The lowest BCUT2D eigenvalue weighted by Crippen LogP contribution is -2.41. The second kappa shape index (κ2) is 8.57. The van der Waals surface area contributed by atoms with Gasteiger partial charge in [-0.05, 0) is 12.1 Å². The van der Waals surface area contributed by atoms with Crippen molar-refractivity contribution in [2.24, 2.45) is 0 Å². The molecule has 24 heavy (non-hydrogen) atoms. The van der Waals surface area contributed by atoms with Crippen LogP contribution in [-0.4, -0.2) is 62.4 Å². The van der Waals surface area contributed by atoms with Crippen LogP contribution in [0.2, 0.25) is 0 Å². The highest BCUT2D eigenvalue weighted by molar-refractivity contribution is 7.17. The normalized spacial score (nSPS) is 14.8. The fourth-order valence-electron chi connectivity index (χ4n) is 2.41. The van der Waals surface area contributed by atoms with E-state index in [-0.39, 0.29) is 5.91 Å². The number of carbonyl (C=O) groups excluding carboxylic acids is 1. The van der Waals surface area contributed by atoms with Crippen LogP contribution in [-0.2, 0) is 20.7 Å². The fraction of sp³-hybridized carbons (Fsp3) is 0.500. The molecule has 2 aromatic heterocycles. The molecule has 130 valence electrons. The molecule has 0 radical (unpaired) electrons. The van der Waals surface area contributed by atoms with E-state index in [2.05, 4.69) is 10.3 Å². The van der Waals surface area contributed by atoms with Gasteiger partial charge in [0.15, 0.2) is 5.13 Å². The number of thiophene rings is 1. The van der Waals surface area contributed by atoms with Crippen LogP contribution >= 0.6 is 22.7 Å². The lowest BCUT2D eigenvalue weighted by molar-refractivity contribution is -0.134. The van der Waals surface area contributed by atoms with E-state index >= 15 is 0 Å². The van der Waals surface area contributed by atoms with Crippen molar-refractivity contribution in [3.05, 3.63) is 22.4 Å². The van der Waals surface area contributed by atoms with Crippen LogP contribution in [0.25, 0.3) is 10.6 Å². The first-order chi connectivity index (χ1) is 11.8. The Morgan fingerprint density at radius 3 is 3.04 bits per heavy atom. The lowest BCUT2D eigenvalue weighted by atomic mass is 10.3. The molecule has 8 heteroatoms. The molecule has 2 aromatic rings. The topological polar surface area (TPSA) is 63.7 Å². The summed E-state index contributed by atoms with van der Waals surface area (Å²) in [6.45, 7) is 4.06. The summed E-state index contributed by atoms with van der Waals surface area (Å²) in [4.78, 5) is 20.9. The maximum Gasteiger partial charge on any atom is 0.227 e. The van der Waals surface area contributed by atoms with Crippen LogP contribution in [0.15, 0.2) is 17.5 Å². The average Bonchev–Trinajstić information content (AvgIpc) is 3.25. The third kappa shape index (κ3) is 4.54. The standard InChI is InChI=1S/C16H21N3O3S2/c1-21-7-4-17-16-18-13(11-23-16)14-3-2-12(24-14)10-15(20)19-5-8-22-9-6-19/h2-3,11H,4-10H2,1H3,(H,17,18). The van der Waals surface area contributed by atoms with E-state index in [1.54, 1.807) is 29.8 Å². The minimum Gasteiger partial charge on any atom is -0.383 e. The average molecular weight is 367 g/mol. The summed E-state index contributed by atoms with van der Waals surface area (Å²) in [5.41, 5.74) is 0.954. The fourth-order valence-corrected chi connectivity index (χ4v) is 4.19. The summed E-state index contributed by atoms with van der Waals surface area (Å²) in [6, 6.07) is 4.07. The number of hydrogen-bond donors (Lipinski definition) is 1. The molecule has 0 aromatic carbocycles. The predicted octanol–water partition coefficient (Wildman–Crippen LogP) is 2.33. The molecule has 1 amide bonds. The zero-order valence-corrected chi connectivity index (χ0v) is 15.3. The van der Waals surface area contributed by atoms with Crippen LogP contribution < -0.4 is 5.32 Å². The van der Waals surface area contributed by atoms with E-state index in [0.717, 1.165) is 27.1 Å². The highest BCUT2D eigenvalue weighted by atomic mass is 32.1. The van der Waals surface area contributed by atoms with Crippen LogP contribution in [0.5, 0.6) is 0 Å². The molecule has 3 rings (SSSR count). The third-order valence-corrected chi connectivity index (χ3v) is 5.60.